The largest absolute Gasteiger partial charge is 0.349 e. The second-order valence-corrected chi connectivity index (χ2v) is 5.51. The first kappa shape index (κ1) is 12.3. The highest BCUT2D eigenvalue weighted by atomic mass is 16.2. The van der Waals surface area contributed by atoms with Crippen molar-refractivity contribution < 1.29 is 4.79 Å². The Hall–Kier alpha value is -2.44. The molecule has 0 unspecified atom stereocenters. The van der Waals surface area contributed by atoms with Gasteiger partial charge in [-0.25, -0.2) is 15.0 Å². The molecule has 1 aliphatic carbocycles. The summed E-state index contributed by atoms with van der Waals surface area (Å²) in [5, 5.41) is 2.91. The highest BCUT2D eigenvalue weighted by molar-refractivity contribution is 5.92. The molecule has 1 aliphatic heterocycles. The molecule has 4 rings (SSSR count). The zero-order chi connectivity index (χ0) is 14.2. The number of amides is 1. The van der Waals surface area contributed by atoms with Gasteiger partial charge in [-0.1, -0.05) is 0 Å². The van der Waals surface area contributed by atoms with Crippen molar-refractivity contribution in [3.05, 3.63) is 35.8 Å². The van der Waals surface area contributed by atoms with Gasteiger partial charge in [0.1, 0.15) is 11.5 Å². The van der Waals surface area contributed by atoms with Gasteiger partial charge >= 0.3 is 0 Å². The average molecular weight is 284 g/mol. The van der Waals surface area contributed by atoms with Crippen molar-refractivity contribution in [2.75, 3.05) is 11.4 Å². The molecule has 0 bridgehead atoms. The van der Waals surface area contributed by atoms with Crippen LogP contribution in [-0.2, 0) is 13.0 Å². The SMILES string of the molecule is O=C(NC1CC1)c1cnc(N2CCc3nc[nH]c3C2)cn1. The molecule has 0 radical (unpaired) electrons. The van der Waals surface area contributed by atoms with Gasteiger partial charge < -0.3 is 15.2 Å². The third-order valence-corrected chi connectivity index (χ3v) is 3.88. The molecule has 0 saturated heterocycles. The molecular formula is C14H16N6O. The maximum absolute atomic E-state index is 11.9. The fraction of sp³-hybridized carbons (Fsp3) is 0.429. The van der Waals surface area contributed by atoms with Gasteiger partial charge in [0.15, 0.2) is 0 Å². The highest BCUT2D eigenvalue weighted by Gasteiger charge is 2.25. The van der Waals surface area contributed by atoms with Crippen LogP contribution in [0, 0.1) is 0 Å². The van der Waals surface area contributed by atoms with E-state index in [1.54, 1.807) is 18.7 Å². The maximum atomic E-state index is 11.9. The molecule has 3 heterocycles. The number of fused-ring (bicyclic) bond motifs is 1. The minimum absolute atomic E-state index is 0.133. The van der Waals surface area contributed by atoms with E-state index in [1.807, 2.05) is 0 Å². The predicted molar refractivity (Wildman–Crippen MR) is 75.9 cm³/mol. The van der Waals surface area contributed by atoms with Crippen LogP contribution < -0.4 is 10.2 Å². The third-order valence-electron chi connectivity index (χ3n) is 3.88. The van der Waals surface area contributed by atoms with E-state index in [0.29, 0.717) is 11.7 Å². The van der Waals surface area contributed by atoms with Crippen LogP contribution in [0.3, 0.4) is 0 Å². The summed E-state index contributed by atoms with van der Waals surface area (Å²) in [5.41, 5.74) is 2.63. The second kappa shape index (κ2) is 4.83. The van der Waals surface area contributed by atoms with Crippen molar-refractivity contribution in [3.63, 3.8) is 0 Å². The second-order valence-electron chi connectivity index (χ2n) is 5.51. The number of nitrogens with one attached hydrogen (secondary N) is 2. The molecule has 1 fully saturated rings. The number of rotatable bonds is 3. The van der Waals surface area contributed by atoms with E-state index in [9.17, 15) is 4.79 Å². The fourth-order valence-electron chi connectivity index (χ4n) is 2.50. The Balaban J connectivity index is 1.47. The average Bonchev–Trinajstić information content (AvgIpc) is 3.21. The summed E-state index contributed by atoms with van der Waals surface area (Å²) in [5.74, 6) is 0.657. The number of imidazole rings is 1. The van der Waals surface area contributed by atoms with Crippen molar-refractivity contribution in [3.8, 4) is 0 Å². The third kappa shape index (κ3) is 2.46. The van der Waals surface area contributed by atoms with Gasteiger partial charge in [0.25, 0.3) is 5.91 Å². The zero-order valence-electron chi connectivity index (χ0n) is 11.5. The summed E-state index contributed by atoms with van der Waals surface area (Å²) in [6.45, 7) is 1.61. The number of aromatic amines is 1. The molecule has 2 aromatic rings. The van der Waals surface area contributed by atoms with Crippen LogP contribution in [0.2, 0.25) is 0 Å². The minimum Gasteiger partial charge on any atom is -0.349 e. The first-order valence-electron chi connectivity index (χ1n) is 7.18. The number of anilines is 1. The van der Waals surface area contributed by atoms with Crippen molar-refractivity contribution in [2.45, 2.75) is 31.8 Å². The molecule has 2 N–H and O–H groups in total. The number of H-pyrrole nitrogens is 1. The van der Waals surface area contributed by atoms with Gasteiger partial charge in [0.2, 0.25) is 0 Å². The molecular weight excluding hydrogens is 268 g/mol. The summed E-state index contributed by atoms with van der Waals surface area (Å²) in [7, 11) is 0. The van der Waals surface area contributed by atoms with Crippen LogP contribution in [0.1, 0.15) is 34.7 Å². The molecule has 2 aliphatic rings. The van der Waals surface area contributed by atoms with E-state index >= 15 is 0 Å². The Kier molecular flexibility index (Phi) is 2.83. The molecule has 21 heavy (non-hydrogen) atoms. The van der Waals surface area contributed by atoms with Crippen LogP contribution >= 0.6 is 0 Å². The molecule has 1 amide bonds. The minimum atomic E-state index is -0.133. The fourth-order valence-corrected chi connectivity index (χ4v) is 2.50. The molecule has 0 aromatic carbocycles. The Morgan fingerprint density at radius 3 is 2.95 bits per heavy atom. The van der Waals surface area contributed by atoms with Crippen LogP contribution in [0.15, 0.2) is 18.7 Å². The lowest BCUT2D eigenvalue weighted by molar-refractivity contribution is 0.0945. The Bertz CT molecular complexity index is 660. The summed E-state index contributed by atoms with van der Waals surface area (Å²) in [4.78, 5) is 30.1. The van der Waals surface area contributed by atoms with Gasteiger partial charge in [-0.15, -0.1) is 0 Å². The van der Waals surface area contributed by atoms with Crippen molar-refractivity contribution in [2.24, 2.45) is 0 Å². The van der Waals surface area contributed by atoms with Gasteiger partial charge in [-0.05, 0) is 12.8 Å². The first-order chi connectivity index (χ1) is 10.3. The monoisotopic (exact) mass is 284 g/mol. The number of hydrogen-bond acceptors (Lipinski definition) is 5. The van der Waals surface area contributed by atoms with E-state index in [2.05, 4.69) is 30.2 Å². The van der Waals surface area contributed by atoms with Gasteiger partial charge in [0.05, 0.1) is 36.7 Å². The molecule has 2 aromatic heterocycles. The number of carbonyl (C=O) groups is 1. The van der Waals surface area contributed by atoms with Gasteiger partial charge in [-0.2, -0.15) is 0 Å². The summed E-state index contributed by atoms with van der Waals surface area (Å²) < 4.78 is 0. The first-order valence-corrected chi connectivity index (χ1v) is 7.18. The Morgan fingerprint density at radius 1 is 1.29 bits per heavy atom. The van der Waals surface area contributed by atoms with E-state index in [1.165, 1.54) is 0 Å². The summed E-state index contributed by atoms with van der Waals surface area (Å²) in [6, 6.07) is 0.333. The molecule has 1 saturated carbocycles. The maximum Gasteiger partial charge on any atom is 0.271 e. The van der Waals surface area contributed by atoms with Crippen LogP contribution in [0.25, 0.3) is 0 Å². The van der Waals surface area contributed by atoms with Crippen molar-refractivity contribution >= 4 is 11.7 Å². The van der Waals surface area contributed by atoms with Crippen molar-refractivity contribution in [1.82, 2.24) is 25.3 Å². The lowest BCUT2D eigenvalue weighted by Crippen LogP contribution is -2.31. The Morgan fingerprint density at radius 2 is 2.19 bits per heavy atom. The zero-order valence-corrected chi connectivity index (χ0v) is 11.5. The molecule has 7 heteroatoms. The van der Waals surface area contributed by atoms with E-state index < -0.39 is 0 Å². The van der Waals surface area contributed by atoms with Crippen LogP contribution in [0.4, 0.5) is 5.82 Å². The van der Waals surface area contributed by atoms with Crippen molar-refractivity contribution in [1.29, 1.82) is 0 Å². The smallest absolute Gasteiger partial charge is 0.271 e. The van der Waals surface area contributed by atoms with Crippen LogP contribution in [-0.4, -0.2) is 38.4 Å². The topological polar surface area (TPSA) is 86.8 Å². The number of aromatic nitrogens is 4. The van der Waals surface area contributed by atoms with Crippen LogP contribution in [0.5, 0.6) is 0 Å². The summed E-state index contributed by atoms with van der Waals surface area (Å²) in [6.07, 6.45) is 7.98. The Labute approximate surface area is 121 Å². The van der Waals surface area contributed by atoms with E-state index in [4.69, 9.17) is 0 Å². The standard InChI is InChI=1S/C14H16N6O/c21-14(19-9-1-2-9)11-5-16-13(6-15-11)20-4-3-10-12(7-20)18-8-17-10/h5-6,8-9H,1-4,7H2,(H,17,18)(H,19,21). The predicted octanol–water partition coefficient (Wildman–Crippen LogP) is 0.655. The molecule has 0 spiro atoms. The number of nitrogens with zero attached hydrogens (tertiary/aromatic N) is 4. The quantitative estimate of drug-likeness (QED) is 0.864. The van der Waals surface area contributed by atoms with E-state index in [-0.39, 0.29) is 5.91 Å². The number of hydrogen-bond donors (Lipinski definition) is 2. The van der Waals surface area contributed by atoms with Gasteiger partial charge in [-0.3, -0.25) is 4.79 Å². The lowest BCUT2D eigenvalue weighted by atomic mass is 10.1. The normalized spacial score (nSPS) is 17.4. The number of carbonyl (C=O) groups excluding carboxylic acids is 1. The summed E-state index contributed by atoms with van der Waals surface area (Å²) >= 11 is 0. The molecule has 0 atom stereocenters. The lowest BCUT2D eigenvalue weighted by Gasteiger charge is -2.26. The van der Waals surface area contributed by atoms with Gasteiger partial charge in [0, 0.05) is 19.0 Å². The van der Waals surface area contributed by atoms with E-state index in [0.717, 1.165) is 49.6 Å². The highest BCUT2D eigenvalue weighted by Crippen LogP contribution is 2.21. The molecule has 7 nitrogen and oxygen atoms in total. The molecule has 108 valence electrons.